The van der Waals surface area contributed by atoms with Gasteiger partial charge in [0.2, 0.25) is 5.91 Å². The molecular formula is C18H14FN3O2S. The maximum absolute atomic E-state index is 13.7. The van der Waals surface area contributed by atoms with Crippen molar-refractivity contribution in [2.75, 3.05) is 11.1 Å². The maximum Gasteiger partial charge on any atom is 0.235 e. The largest absolute Gasteiger partial charge is 0.508 e. The number of fused-ring (bicyclic) bond motifs is 1. The number of nitrogens with zero attached hydrogens (tertiary/aromatic N) is 2. The number of amides is 1. The van der Waals surface area contributed by atoms with E-state index in [1.54, 1.807) is 35.2 Å². The normalized spacial score (nSPS) is 16.8. The Kier molecular flexibility index (Phi) is 3.93. The molecule has 2 N–H and O–H groups in total. The fraction of sp³-hybridized carbons (Fsp3) is 0.111. The predicted octanol–water partition coefficient (Wildman–Crippen LogP) is 3.49. The summed E-state index contributed by atoms with van der Waals surface area (Å²) in [6, 6.07) is 13.1. The van der Waals surface area contributed by atoms with E-state index in [9.17, 15) is 14.3 Å². The molecule has 1 amide bonds. The molecule has 0 aliphatic carbocycles. The molecule has 0 saturated carbocycles. The fourth-order valence-corrected chi connectivity index (χ4v) is 3.97. The summed E-state index contributed by atoms with van der Waals surface area (Å²) in [5, 5.41) is 12.2. The number of aromatic hydroxyl groups is 1. The summed E-state index contributed by atoms with van der Waals surface area (Å²) < 4.78 is 15.4. The van der Waals surface area contributed by atoms with Crippen LogP contribution >= 0.6 is 11.8 Å². The van der Waals surface area contributed by atoms with Gasteiger partial charge in [0.05, 0.1) is 16.7 Å². The van der Waals surface area contributed by atoms with Crippen molar-refractivity contribution in [3.05, 3.63) is 71.9 Å². The maximum atomic E-state index is 13.7. The third kappa shape index (κ3) is 2.98. The molecule has 4 rings (SSSR count). The van der Waals surface area contributed by atoms with E-state index >= 15 is 0 Å². The van der Waals surface area contributed by atoms with Gasteiger partial charge in [-0.05, 0) is 35.9 Å². The van der Waals surface area contributed by atoms with Gasteiger partial charge >= 0.3 is 0 Å². The molecule has 7 heteroatoms. The van der Waals surface area contributed by atoms with E-state index in [0.717, 1.165) is 11.3 Å². The Morgan fingerprint density at radius 2 is 2.04 bits per heavy atom. The Morgan fingerprint density at radius 1 is 1.24 bits per heavy atom. The van der Waals surface area contributed by atoms with Crippen molar-refractivity contribution in [1.82, 2.24) is 9.55 Å². The third-order valence-electron chi connectivity index (χ3n) is 3.97. The quantitative estimate of drug-likeness (QED) is 0.738. The lowest BCUT2D eigenvalue weighted by molar-refractivity contribution is -0.113. The second-order valence-electron chi connectivity index (χ2n) is 5.66. The summed E-state index contributed by atoms with van der Waals surface area (Å²) >= 11 is 1.46. The molecule has 5 nitrogen and oxygen atoms in total. The summed E-state index contributed by atoms with van der Waals surface area (Å²) in [4.78, 5) is 16.3. The van der Waals surface area contributed by atoms with Gasteiger partial charge in [-0.15, -0.1) is 11.8 Å². The van der Waals surface area contributed by atoms with Crippen LogP contribution in [0.15, 0.2) is 54.9 Å². The number of hydrogen-bond donors (Lipinski definition) is 2. The number of phenols is 1. The Hall–Kier alpha value is -2.80. The monoisotopic (exact) mass is 355 g/mol. The molecule has 2 heterocycles. The van der Waals surface area contributed by atoms with Crippen LogP contribution < -0.4 is 5.32 Å². The molecule has 1 aliphatic heterocycles. The zero-order valence-electron chi connectivity index (χ0n) is 13.0. The lowest BCUT2D eigenvalue weighted by Gasteiger charge is -2.18. The molecule has 1 aliphatic rings. The van der Waals surface area contributed by atoms with Crippen molar-refractivity contribution in [3.8, 4) is 11.4 Å². The van der Waals surface area contributed by atoms with Gasteiger partial charge in [-0.25, -0.2) is 9.37 Å². The highest BCUT2D eigenvalue weighted by atomic mass is 32.2. The zero-order chi connectivity index (χ0) is 17.4. The van der Waals surface area contributed by atoms with E-state index in [1.807, 2.05) is 12.1 Å². The van der Waals surface area contributed by atoms with Crippen molar-refractivity contribution in [1.29, 1.82) is 0 Å². The molecule has 0 spiro atoms. The van der Waals surface area contributed by atoms with Crippen molar-refractivity contribution in [2.24, 2.45) is 0 Å². The molecule has 0 unspecified atom stereocenters. The lowest BCUT2D eigenvalue weighted by Crippen LogP contribution is -2.12. The Morgan fingerprint density at radius 3 is 2.80 bits per heavy atom. The SMILES string of the molecule is O=C1CS[C@@H](c2ccc(O)cc2)c2c(ncn2-c2cccc(F)c2)N1. The molecule has 126 valence electrons. The first-order chi connectivity index (χ1) is 12.1. The first-order valence-corrected chi connectivity index (χ1v) is 8.70. The number of nitrogens with one attached hydrogen (secondary N) is 1. The van der Waals surface area contributed by atoms with Gasteiger partial charge in [0.1, 0.15) is 17.9 Å². The fourth-order valence-electron chi connectivity index (χ4n) is 2.85. The molecule has 0 bridgehead atoms. The summed E-state index contributed by atoms with van der Waals surface area (Å²) in [5.41, 5.74) is 2.33. The van der Waals surface area contributed by atoms with Gasteiger partial charge in [0.15, 0.2) is 5.82 Å². The van der Waals surface area contributed by atoms with Crippen LogP contribution in [0, 0.1) is 5.82 Å². The highest BCUT2D eigenvalue weighted by Crippen LogP contribution is 2.42. The zero-order valence-corrected chi connectivity index (χ0v) is 13.8. The smallest absolute Gasteiger partial charge is 0.235 e. The molecule has 0 saturated heterocycles. The number of rotatable bonds is 2. The first-order valence-electron chi connectivity index (χ1n) is 7.65. The van der Waals surface area contributed by atoms with Crippen molar-refractivity contribution in [2.45, 2.75) is 5.25 Å². The van der Waals surface area contributed by atoms with Crippen LogP contribution in [0.25, 0.3) is 5.69 Å². The minimum absolute atomic E-state index is 0.128. The Labute approximate surface area is 147 Å². The molecule has 25 heavy (non-hydrogen) atoms. The summed E-state index contributed by atoms with van der Waals surface area (Å²) in [6.07, 6.45) is 1.58. The number of carbonyl (C=O) groups is 1. The van der Waals surface area contributed by atoms with E-state index in [-0.39, 0.29) is 28.5 Å². The molecule has 2 aromatic carbocycles. The molecule has 1 aromatic heterocycles. The van der Waals surface area contributed by atoms with Gasteiger partial charge in [-0.2, -0.15) is 0 Å². The van der Waals surface area contributed by atoms with Crippen LogP contribution in [-0.4, -0.2) is 26.3 Å². The highest BCUT2D eigenvalue weighted by Gasteiger charge is 2.29. The minimum atomic E-state index is -0.341. The number of benzene rings is 2. The van der Waals surface area contributed by atoms with Gasteiger partial charge in [-0.1, -0.05) is 18.2 Å². The predicted molar refractivity (Wildman–Crippen MR) is 94.6 cm³/mol. The topological polar surface area (TPSA) is 67.1 Å². The number of thioether (sulfide) groups is 1. The Balaban J connectivity index is 1.88. The molecule has 1 atom stereocenters. The summed E-state index contributed by atoms with van der Waals surface area (Å²) in [5.74, 6) is 0.460. The first kappa shape index (κ1) is 15.7. The van der Waals surface area contributed by atoms with Crippen LogP contribution in [0.4, 0.5) is 10.2 Å². The van der Waals surface area contributed by atoms with Crippen LogP contribution in [0.1, 0.15) is 16.5 Å². The average molecular weight is 355 g/mol. The summed E-state index contributed by atoms with van der Waals surface area (Å²) in [6.45, 7) is 0. The lowest BCUT2D eigenvalue weighted by atomic mass is 10.1. The second kappa shape index (κ2) is 6.25. The number of phenolic OH excluding ortho intramolecular Hbond substituents is 1. The Bertz CT molecular complexity index is 940. The number of carbonyl (C=O) groups excluding carboxylic acids is 1. The standard InChI is InChI=1S/C18H14FN3O2S/c19-12-2-1-3-13(8-12)22-10-20-18-16(22)17(25-9-15(24)21-18)11-4-6-14(23)7-5-11/h1-8,10,17,23H,9H2,(H,21,24)/t17-/m0/s1. The van der Waals surface area contributed by atoms with Crippen LogP contribution in [0.2, 0.25) is 0 Å². The molecule has 0 radical (unpaired) electrons. The van der Waals surface area contributed by atoms with E-state index in [0.29, 0.717) is 11.5 Å². The second-order valence-corrected chi connectivity index (χ2v) is 6.75. The van der Waals surface area contributed by atoms with Gasteiger partial charge < -0.3 is 10.4 Å². The highest BCUT2D eigenvalue weighted by molar-refractivity contribution is 8.00. The van der Waals surface area contributed by atoms with E-state index in [2.05, 4.69) is 10.3 Å². The van der Waals surface area contributed by atoms with Crippen LogP contribution in [0.3, 0.4) is 0 Å². The number of halogens is 1. The summed E-state index contributed by atoms with van der Waals surface area (Å²) in [7, 11) is 0. The van der Waals surface area contributed by atoms with Gasteiger partial charge in [0, 0.05) is 5.69 Å². The number of aromatic nitrogens is 2. The van der Waals surface area contributed by atoms with E-state index < -0.39 is 0 Å². The third-order valence-corrected chi connectivity index (χ3v) is 5.23. The van der Waals surface area contributed by atoms with E-state index in [4.69, 9.17) is 0 Å². The van der Waals surface area contributed by atoms with Crippen molar-refractivity contribution < 1.29 is 14.3 Å². The number of hydrogen-bond acceptors (Lipinski definition) is 4. The minimum Gasteiger partial charge on any atom is -0.508 e. The number of imidazole rings is 1. The van der Waals surface area contributed by atoms with Crippen molar-refractivity contribution in [3.63, 3.8) is 0 Å². The number of anilines is 1. The molecular weight excluding hydrogens is 341 g/mol. The average Bonchev–Trinajstić information content (AvgIpc) is 2.92. The van der Waals surface area contributed by atoms with Crippen LogP contribution in [0.5, 0.6) is 5.75 Å². The van der Waals surface area contributed by atoms with E-state index in [1.165, 1.54) is 23.9 Å². The molecule has 3 aromatic rings. The molecule has 0 fully saturated rings. The van der Waals surface area contributed by atoms with Gasteiger partial charge in [-0.3, -0.25) is 9.36 Å². The van der Waals surface area contributed by atoms with Crippen molar-refractivity contribution >= 4 is 23.5 Å². The van der Waals surface area contributed by atoms with Gasteiger partial charge in [0.25, 0.3) is 0 Å². The van der Waals surface area contributed by atoms with Crippen LogP contribution in [-0.2, 0) is 4.79 Å².